The van der Waals surface area contributed by atoms with E-state index in [4.69, 9.17) is 9.47 Å². The Hall–Kier alpha value is -4.57. The molecule has 0 atom stereocenters. The molecule has 10 heteroatoms. The van der Waals surface area contributed by atoms with Gasteiger partial charge < -0.3 is 14.0 Å². The molecular weight excluding hydrogens is 540 g/mol. The number of methoxy groups -OCH3 is 2. The quantitative estimate of drug-likeness (QED) is 0.210. The number of hydrogen-bond acceptors (Lipinski definition) is 6. The Morgan fingerprint density at radius 2 is 1.68 bits per heavy atom. The van der Waals surface area contributed by atoms with E-state index in [9.17, 15) is 13.2 Å². The number of nitrogens with one attached hydrogen (secondary N) is 1. The molecule has 1 amide bonds. The smallest absolute Gasteiger partial charge is 0.264 e. The number of carbonyl (C=O) groups excluding carboxylic acids is 1. The Labute approximate surface area is 241 Å². The molecule has 1 heterocycles. The lowest BCUT2D eigenvalue weighted by atomic mass is 10.1. The summed E-state index contributed by atoms with van der Waals surface area (Å²) in [6.07, 6.45) is 1.56. The van der Waals surface area contributed by atoms with Crippen molar-refractivity contribution < 1.29 is 22.7 Å². The highest BCUT2D eigenvalue weighted by Crippen LogP contribution is 2.35. The van der Waals surface area contributed by atoms with Crippen LogP contribution in [-0.4, -0.2) is 45.9 Å². The Bertz CT molecular complexity index is 1700. The highest BCUT2D eigenvalue weighted by Gasteiger charge is 2.29. The zero-order valence-electron chi connectivity index (χ0n) is 24.0. The monoisotopic (exact) mass is 574 g/mol. The van der Waals surface area contributed by atoms with Gasteiger partial charge in [-0.15, -0.1) is 0 Å². The molecule has 4 rings (SSSR count). The predicted octanol–water partition coefficient (Wildman–Crippen LogP) is 5.07. The number of carbonyl (C=O) groups is 1. The molecule has 0 unspecified atom stereocenters. The van der Waals surface area contributed by atoms with Gasteiger partial charge in [-0.25, -0.2) is 13.8 Å². The molecule has 0 saturated heterocycles. The van der Waals surface area contributed by atoms with E-state index >= 15 is 0 Å². The molecule has 0 aliphatic carbocycles. The van der Waals surface area contributed by atoms with Crippen molar-refractivity contribution in [1.82, 2.24) is 9.99 Å². The molecule has 4 aromatic rings. The molecule has 0 bridgehead atoms. The van der Waals surface area contributed by atoms with Crippen molar-refractivity contribution in [2.45, 2.75) is 32.6 Å². The highest BCUT2D eigenvalue weighted by molar-refractivity contribution is 7.92. The molecule has 0 radical (unpaired) electrons. The van der Waals surface area contributed by atoms with E-state index in [2.05, 4.69) is 47.1 Å². The Morgan fingerprint density at radius 3 is 2.34 bits per heavy atom. The number of nitrogens with zero attached hydrogens (tertiary/aromatic N) is 3. The van der Waals surface area contributed by atoms with E-state index in [-0.39, 0.29) is 16.3 Å². The van der Waals surface area contributed by atoms with Crippen LogP contribution in [0, 0.1) is 27.7 Å². The van der Waals surface area contributed by atoms with Crippen molar-refractivity contribution in [3.63, 3.8) is 0 Å². The molecule has 214 valence electrons. The average Bonchev–Trinajstić information content (AvgIpc) is 3.24. The minimum atomic E-state index is -4.13. The van der Waals surface area contributed by atoms with E-state index in [1.807, 2.05) is 19.9 Å². The number of hydrogen-bond donors (Lipinski definition) is 1. The summed E-state index contributed by atoms with van der Waals surface area (Å²) in [4.78, 5) is 13.1. The van der Waals surface area contributed by atoms with Crippen molar-refractivity contribution in [2.24, 2.45) is 5.10 Å². The topological polar surface area (TPSA) is 102 Å². The Morgan fingerprint density at radius 1 is 0.951 bits per heavy atom. The van der Waals surface area contributed by atoms with Gasteiger partial charge in [0.1, 0.15) is 18.0 Å². The second-order valence-electron chi connectivity index (χ2n) is 9.61. The van der Waals surface area contributed by atoms with Crippen LogP contribution in [0.25, 0.3) is 5.69 Å². The molecule has 1 N–H and O–H groups in total. The van der Waals surface area contributed by atoms with E-state index in [0.29, 0.717) is 5.75 Å². The summed E-state index contributed by atoms with van der Waals surface area (Å²) >= 11 is 0. The summed E-state index contributed by atoms with van der Waals surface area (Å²) in [5.41, 5.74) is 8.89. The fraction of sp³-hybridized carbons (Fsp3) is 0.226. The van der Waals surface area contributed by atoms with Gasteiger partial charge in [0, 0.05) is 28.7 Å². The van der Waals surface area contributed by atoms with E-state index in [0.717, 1.165) is 32.5 Å². The van der Waals surface area contributed by atoms with Crippen molar-refractivity contribution in [3.8, 4) is 17.2 Å². The first-order valence-electron chi connectivity index (χ1n) is 12.9. The number of anilines is 1. The minimum absolute atomic E-state index is 0.0352. The van der Waals surface area contributed by atoms with Crippen molar-refractivity contribution in [2.75, 3.05) is 25.1 Å². The Balaban J connectivity index is 1.60. The predicted molar refractivity (Wildman–Crippen MR) is 161 cm³/mol. The summed E-state index contributed by atoms with van der Waals surface area (Å²) in [6, 6.07) is 20.9. The number of amides is 1. The third-order valence-electron chi connectivity index (χ3n) is 6.73. The van der Waals surface area contributed by atoms with Crippen LogP contribution in [0.3, 0.4) is 0 Å². The van der Waals surface area contributed by atoms with Gasteiger partial charge in [-0.05, 0) is 69.7 Å². The fourth-order valence-corrected chi connectivity index (χ4v) is 6.15. The Kier molecular flexibility index (Phi) is 8.83. The summed E-state index contributed by atoms with van der Waals surface area (Å²) in [5.74, 6) is 0.0935. The standard InChI is InChI=1S/C31H34N4O5S/c1-21-12-14-28(22(2)16-21)35-23(3)17-25(24(35)4)19-32-33-31(36)20-34(41(37,38)27-10-8-7-9-11-27)29-15-13-26(39-5)18-30(29)40-6/h7-19H,20H2,1-6H3,(H,33,36)/b32-19+. The van der Waals surface area contributed by atoms with Gasteiger partial charge in [-0.2, -0.15) is 5.10 Å². The molecule has 0 fully saturated rings. The fourth-order valence-electron chi connectivity index (χ4n) is 4.70. The summed E-state index contributed by atoms with van der Waals surface area (Å²) < 4.78 is 41.2. The van der Waals surface area contributed by atoms with Crippen LogP contribution >= 0.6 is 0 Å². The van der Waals surface area contributed by atoms with Gasteiger partial charge in [0.2, 0.25) is 0 Å². The van der Waals surface area contributed by atoms with Gasteiger partial charge in [-0.1, -0.05) is 35.9 Å². The molecule has 1 aromatic heterocycles. The molecule has 0 aliphatic heterocycles. The van der Waals surface area contributed by atoms with Crippen LogP contribution in [0.5, 0.6) is 11.5 Å². The number of sulfonamides is 1. The average molecular weight is 575 g/mol. The lowest BCUT2D eigenvalue weighted by Crippen LogP contribution is -2.39. The first-order valence-corrected chi connectivity index (χ1v) is 14.4. The van der Waals surface area contributed by atoms with Crippen molar-refractivity contribution in [3.05, 3.63) is 101 Å². The lowest BCUT2D eigenvalue weighted by molar-refractivity contribution is -0.119. The number of benzene rings is 3. The maximum atomic E-state index is 13.7. The first-order chi connectivity index (χ1) is 19.6. The molecule has 41 heavy (non-hydrogen) atoms. The summed E-state index contributed by atoms with van der Waals surface area (Å²) in [7, 11) is -1.21. The molecular formula is C31H34N4O5S. The molecule has 0 spiro atoms. The van der Waals surface area contributed by atoms with Gasteiger partial charge >= 0.3 is 0 Å². The van der Waals surface area contributed by atoms with Crippen LogP contribution in [0.2, 0.25) is 0 Å². The van der Waals surface area contributed by atoms with Crippen LogP contribution in [-0.2, 0) is 14.8 Å². The number of aryl methyl sites for hydroxylation is 3. The van der Waals surface area contributed by atoms with Crippen LogP contribution in [0.4, 0.5) is 5.69 Å². The second-order valence-corrected chi connectivity index (χ2v) is 11.5. The molecule has 0 aliphatic rings. The van der Waals surface area contributed by atoms with Gasteiger partial charge in [-0.3, -0.25) is 9.10 Å². The van der Waals surface area contributed by atoms with Crippen LogP contribution in [0.1, 0.15) is 28.1 Å². The minimum Gasteiger partial charge on any atom is -0.497 e. The molecule has 3 aromatic carbocycles. The van der Waals surface area contributed by atoms with E-state index in [1.54, 1.807) is 36.5 Å². The molecule has 9 nitrogen and oxygen atoms in total. The third kappa shape index (κ3) is 6.28. The third-order valence-corrected chi connectivity index (χ3v) is 8.50. The first kappa shape index (κ1) is 29.4. The van der Waals surface area contributed by atoms with Gasteiger partial charge in [0.05, 0.1) is 31.0 Å². The summed E-state index contributed by atoms with van der Waals surface area (Å²) in [6.45, 7) is 7.60. The lowest BCUT2D eigenvalue weighted by Gasteiger charge is -2.25. The van der Waals surface area contributed by atoms with Crippen LogP contribution in [0.15, 0.2) is 82.8 Å². The number of hydrazone groups is 1. The molecule has 0 saturated carbocycles. The van der Waals surface area contributed by atoms with Crippen molar-refractivity contribution >= 4 is 27.8 Å². The maximum Gasteiger partial charge on any atom is 0.264 e. The normalized spacial score (nSPS) is 11.5. The largest absolute Gasteiger partial charge is 0.497 e. The van der Waals surface area contributed by atoms with E-state index in [1.165, 1.54) is 38.0 Å². The summed E-state index contributed by atoms with van der Waals surface area (Å²) in [5, 5.41) is 4.15. The number of aromatic nitrogens is 1. The van der Waals surface area contributed by atoms with Crippen LogP contribution < -0.4 is 19.2 Å². The van der Waals surface area contributed by atoms with Gasteiger partial charge in [0.25, 0.3) is 15.9 Å². The zero-order valence-corrected chi connectivity index (χ0v) is 24.8. The van der Waals surface area contributed by atoms with Crippen molar-refractivity contribution in [1.29, 1.82) is 0 Å². The zero-order chi connectivity index (χ0) is 29.7. The maximum absolute atomic E-state index is 13.7. The van der Waals surface area contributed by atoms with E-state index < -0.39 is 22.5 Å². The SMILES string of the molecule is COc1ccc(N(CC(=O)N/N=C/c2cc(C)n(-c3ccc(C)cc3C)c2C)S(=O)(=O)c2ccccc2)c(OC)c1. The highest BCUT2D eigenvalue weighted by atomic mass is 32.2. The second kappa shape index (κ2) is 12.3. The number of rotatable bonds is 10. The van der Waals surface area contributed by atoms with Gasteiger partial charge in [0.15, 0.2) is 0 Å². The number of ether oxygens (including phenoxy) is 2.